The topological polar surface area (TPSA) is 55.2 Å². The molecule has 3 aromatic rings. The van der Waals surface area contributed by atoms with E-state index in [0.717, 1.165) is 56.5 Å². The third-order valence-electron chi connectivity index (χ3n) is 4.46. The summed E-state index contributed by atoms with van der Waals surface area (Å²) in [5, 5.41) is 7.92. The Morgan fingerprint density at radius 2 is 1.81 bits per heavy atom. The van der Waals surface area contributed by atoms with Crippen LogP contribution >= 0.6 is 0 Å². The van der Waals surface area contributed by atoms with Gasteiger partial charge in [-0.15, -0.1) is 0 Å². The lowest BCUT2D eigenvalue weighted by molar-refractivity contribution is 0.122. The van der Waals surface area contributed by atoms with Crippen LogP contribution in [0.1, 0.15) is 11.1 Å². The lowest BCUT2D eigenvalue weighted by Crippen LogP contribution is -2.36. The standard InChI is InChI=1S/C20H23N5O/c1-2-4-19(5-3-1)25-16-18(15-23-25)14-21-13-17-6-7-22-20(12-17)24-8-10-26-11-9-24/h1-7,12,15-16,21H,8-11,13-14H2. The van der Waals surface area contributed by atoms with E-state index in [0.29, 0.717) is 0 Å². The highest BCUT2D eigenvalue weighted by Gasteiger charge is 2.12. The van der Waals surface area contributed by atoms with Gasteiger partial charge in [0, 0.05) is 44.1 Å². The summed E-state index contributed by atoms with van der Waals surface area (Å²) in [7, 11) is 0. The number of pyridine rings is 1. The number of nitrogens with zero attached hydrogens (tertiary/aromatic N) is 4. The largest absolute Gasteiger partial charge is 0.378 e. The minimum absolute atomic E-state index is 0.773. The normalized spacial score (nSPS) is 14.5. The minimum atomic E-state index is 0.773. The molecule has 0 spiro atoms. The number of rotatable bonds is 6. The van der Waals surface area contributed by atoms with Crippen LogP contribution in [0.25, 0.3) is 5.69 Å². The third kappa shape index (κ3) is 4.09. The molecule has 2 aromatic heterocycles. The highest BCUT2D eigenvalue weighted by atomic mass is 16.5. The van der Waals surface area contributed by atoms with Crippen LogP contribution in [0.15, 0.2) is 61.1 Å². The average Bonchev–Trinajstić information content (AvgIpc) is 3.19. The van der Waals surface area contributed by atoms with Crippen molar-refractivity contribution >= 4 is 5.82 Å². The molecule has 0 aliphatic carbocycles. The number of aromatic nitrogens is 3. The maximum absolute atomic E-state index is 5.41. The van der Waals surface area contributed by atoms with Gasteiger partial charge in [-0.25, -0.2) is 9.67 Å². The van der Waals surface area contributed by atoms with Crippen LogP contribution in [-0.2, 0) is 17.8 Å². The highest BCUT2D eigenvalue weighted by Crippen LogP contribution is 2.14. The number of benzene rings is 1. The molecule has 4 rings (SSSR count). The van der Waals surface area contributed by atoms with Crippen LogP contribution in [0.2, 0.25) is 0 Å². The molecule has 3 heterocycles. The van der Waals surface area contributed by atoms with Crippen molar-refractivity contribution in [2.75, 3.05) is 31.2 Å². The summed E-state index contributed by atoms with van der Waals surface area (Å²) in [6.07, 6.45) is 5.86. The highest BCUT2D eigenvalue weighted by molar-refractivity contribution is 5.41. The molecule has 1 saturated heterocycles. The molecule has 1 aliphatic heterocycles. The quantitative estimate of drug-likeness (QED) is 0.741. The Kier molecular flexibility index (Phi) is 5.23. The second-order valence-corrected chi connectivity index (χ2v) is 6.35. The van der Waals surface area contributed by atoms with Gasteiger partial charge in [-0.3, -0.25) is 0 Å². The van der Waals surface area contributed by atoms with Crippen LogP contribution in [0.5, 0.6) is 0 Å². The molecule has 0 atom stereocenters. The summed E-state index contributed by atoms with van der Waals surface area (Å²) in [5.74, 6) is 1.03. The van der Waals surface area contributed by atoms with Crippen LogP contribution in [-0.4, -0.2) is 41.1 Å². The Bertz CT molecular complexity index is 827. The lowest BCUT2D eigenvalue weighted by atomic mass is 10.2. The second kappa shape index (κ2) is 8.12. The van der Waals surface area contributed by atoms with Gasteiger partial charge in [0.25, 0.3) is 0 Å². The molecule has 26 heavy (non-hydrogen) atoms. The van der Waals surface area contributed by atoms with E-state index in [9.17, 15) is 0 Å². The van der Waals surface area contributed by atoms with E-state index in [-0.39, 0.29) is 0 Å². The number of ether oxygens (including phenoxy) is 1. The molecule has 6 nitrogen and oxygen atoms in total. The van der Waals surface area contributed by atoms with Crippen molar-refractivity contribution < 1.29 is 4.74 Å². The van der Waals surface area contributed by atoms with Crippen LogP contribution in [0.3, 0.4) is 0 Å². The van der Waals surface area contributed by atoms with E-state index in [1.165, 1.54) is 5.56 Å². The van der Waals surface area contributed by atoms with E-state index in [4.69, 9.17) is 4.74 Å². The van der Waals surface area contributed by atoms with Gasteiger partial charge < -0.3 is 15.0 Å². The number of hydrogen-bond donors (Lipinski definition) is 1. The Morgan fingerprint density at radius 3 is 2.65 bits per heavy atom. The molecule has 0 unspecified atom stereocenters. The number of nitrogens with one attached hydrogen (secondary N) is 1. The summed E-state index contributed by atoms with van der Waals surface area (Å²) in [5.41, 5.74) is 3.47. The summed E-state index contributed by atoms with van der Waals surface area (Å²) in [6.45, 7) is 4.94. The first-order valence-corrected chi connectivity index (χ1v) is 8.96. The second-order valence-electron chi connectivity index (χ2n) is 6.35. The minimum Gasteiger partial charge on any atom is -0.378 e. The van der Waals surface area contributed by atoms with E-state index >= 15 is 0 Å². The first-order chi connectivity index (χ1) is 12.9. The Labute approximate surface area is 153 Å². The van der Waals surface area contributed by atoms with Gasteiger partial charge in [0.1, 0.15) is 5.82 Å². The predicted octanol–water partition coefficient (Wildman–Crippen LogP) is 2.39. The van der Waals surface area contributed by atoms with Crippen molar-refractivity contribution in [3.8, 4) is 5.69 Å². The zero-order chi connectivity index (χ0) is 17.6. The van der Waals surface area contributed by atoms with Gasteiger partial charge >= 0.3 is 0 Å². The van der Waals surface area contributed by atoms with Gasteiger partial charge in [0.2, 0.25) is 0 Å². The molecule has 1 aliphatic rings. The van der Waals surface area contributed by atoms with Crippen molar-refractivity contribution in [2.24, 2.45) is 0 Å². The maximum atomic E-state index is 5.41. The first-order valence-electron chi connectivity index (χ1n) is 8.96. The van der Waals surface area contributed by atoms with Gasteiger partial charge in [0.05, 0.1) is 25.1 Å². The number of para-hydroxylation sites is 1. The third-order valence-corrected chi connectivity index (χ3v) is 4.46. The number of morpholine rings is 1. The van der Waals surface area contributed by atoms with Crippen molar-refractivity contribution in [3.63, 3.8) is 0 Å². The average molecular weight is 349 g/mol. The van der Waals surface area contributed by atoms with Crippen molar-refractivity contribution in [2.45, 2.75) is 13.1 Å². The zero-order valence-electron chi connectivity index (χ0n) is 14.7. The summed E-state index contributed by atoms with van der Waals surface area (Å²) >= 11 is 0. The lowest BCUT2D eigenvalue weighted by Gasteiger charge is -2.28. The summed E-state index contributed by atoms with van der Waals surface area (Å²) < 4.78 is 7.31. The van der Waals surface area contributed by atoms with Gasteiger partial charge in [-0.1, -0.05) is 18.2 Å². The number of anilines is 1. The smallest absolute Gasteiger partial charge is 0.128 e. The molecule has 1 fully saturated rings. The van der Waals surface area contributed by atoms with Crippen molar-refractivity contribution in [1.82, 2.24) is 20.1 Å². The van der Waals surface area contributed by atoms with E-state index in [1.807, 2.05) is 47.4 Å². The van der Waals surface area contributed by atoms with Gasteiger partial charge in [-0.05, 0) is 29.8 Å². The molecular weight excluding hydrogens is 326 g/mol. The molecule has 0 bridgehead atoms. The SMILES string of the molecule is c1ccc(-n2cc(CNCc3ccnc(N4CCOCC4)c3)cn2)cc1. The van der Waals surface area contributed by atoms with Crippen molar-refractivity contribution in [3.05, 3.63) is 72.2 Å². The fourth-order valence-electron chi connectivity index (χ4n) is 3.06. The van der Waals surface area contributed by atoms with Gasteiger partial charge in [-0.2, -0.15) is 5.10 Å². The molecule has 134 valence electrons. The number of hydrogen-bond acceptors (Lipinski definition) is 5. The van der Waals surface area contributed by atoms with Gasteiger partial charge in [0.15, 0.2) is 0 Å². The molecular formula is C20H23N5O. The maximum Gasteiger partial charge on any atom is 0.128 e. The summed E-state index contributed by atoms with van der Waals surface area (Å²) in [4.78, 5) is 6.77. The zero-order valence-corrected chi connectivity index (χ0v) is 14.7. The molecule has 0 radical (unpaired) electrons. The monoisotopic (exact) mass is 349 g/mol. The van der Waals surface area contributed by atoms with E-state index in [2.05, 4.69) is 38.6 Å². The molecule has 0 amide bonds. The van der Waals surface area contributed by atoms with Crippen LogP contribution < -0.4 is 10.2 Å². The fraction of sp³-hybridized carbons (Fsp3) is 0.300. The fourth-order valence-corrected chi connectivity index (χ4v) is 3.06. The van der Waals surface area contributed by atoms with Crippen LogP contribution in [0.4, 0.5) is 5.82 Å². The predicted molar refractivity (Wildman–Crippen MR) is 101 cm³/mol. The molecule has 6 heteroatoms. The first kappa shape index (κ1) is 16.8. The summed E-state index contributed by atoms with van der Waals surface area (Å²) in [6, 6.07) is 14.4. The Hall–Kier alpha value is -2.70. The van der Waals surface area contributed by atoms with E-state index < -0.39 is 0 Å². The molecule has 1 aromatic carbocycles. The Morgan fingerprint density at radius 1 is 1.00 bits per heavy atom. The Balaban J connectivity index is 1.33. The van der Waals surface area contributed by atoms with E-state index in [1.54, 1.807) is 0 Å². The molecule has 0 saturated carbocycles. The van der Waals surface area contributed by atoms with Crippen molar-refractivity contribution in [1.29, 1.82) is 0 Å². The van der Waals surface area contributed by atoms with Crippen LogP contribution in [0, 0.1) is 0 Å². The molecule has 1 N–H and O–H groups in total.